The summed E-state index contributed by atoms with van der Waals surface area (Å²) in [6.45, 7) is 2.41. The molecule has 1 heterocycles. The number of ether oxygens (including phenoxy) is 1. The van der Waals surface area contributed by atoms with Crippen molar-refractivity contribution in [1.29, 1.82) is 0 Å². The van der Waals surface area contributed by atoms with Crippen LogP contribution in [-0.4, -0.2) is 19.1 Å². The van der Waals surface area contributed by atoms with E-state index in [2.05, 4.69) is 5.32 Å². The van der Waals surface area contributed by atoms with Gasteiger partial charge >= 0.3 is 5.97 Å². The number of benzene rings is 1. The van der Waals surface area contributed by atoms with E-state index in [9.17, 15) is 4.79 Å². The summed E-state index contributed by atoms with van der Waals surface area (Å²) >= 11 is 0. The van der Waals surface area contributed by atoms with E-state index in [0.717, 1.165) is 31.5 Å². The Balaban J connectivity index is 1.70. The Morgan fingerprint density at radius 3 is 2.88 bits per heavy atom. The maximum absolute atomic E-state index is 11.6. The largest absolute Gasteiger partial charge is 0.461 e. The van der Waals surface area contributed by atoms with Crippen LogP contribution in [0.4, 0.5) is 0 Å². The van der Waals surface area contributed by atoms with Crippen molar-refractivity contribution in [1.82, 2.24) is 5.32 Å². The Morgan fingerprint density at radius 1 is 1.35 bits per heavy atom. The minimum atomic E-state index is -0.0810. The molecule has 0 saturated carbocycles. The Labute approximate surface area is 102 Å². The SMILES string of the molecule is O=C(C[C@@H]1CCCNC1)OCc1ccccc1. The average Bonchev–Trinajstić information content (AvgIpc) is 2.39. The highest BCUT2D eigenvalue weighted by Crippen LogP contribution is 2.15. The van der Waals surface area contributed by atoms with Crippen LogP contribution < -0.4 is 5.32 Å². The van der Waals surface area contributed by atoms with Gasteiger partial charge < -0.3 is 10.1 Å². The standard InChI is InChI=1S/C14H19NO2/c16-14(9-13-7-4-8-15-10-13)17-11-12-5-2-1-3-6-12/h1-3,5-6,13,15H,4,7-11H2/t13-/m0/s1. The first kappa shape index (κ1) is 12.1. The van der Waals surface area contributed by atoms with Crippen molar-refractivity contribution >= 4 is 5.97 Å². The summed E-state index contributed by atoms with van der Waals surface area (Å²) in [7, 11) is 0. The predicted octanol–water partition coefficient (Wildman–Crippen LogP) is 2.12. The molecule has 1 atom stereocenters. The van der Waals surface area contributed by atoms with Crippen molar-refractivity contribution in [3.8, 4) is 0 Å². The predicted molar refractivity (Wildman–Crippen MR) is 66.4 cm³/mol. The lowest BCUT2D eigenvalue weighted by Gasteiger charge is -2.21. The van der Waals surface area contributed by atoms with Gasteiger partial charge in [-0.15, -0.1) is 0 Å². The quantitative estimate of drug-likeness (QED) is 0.810. The highest BCUT2D eigenvalue weighted by molar-refractivity contribution is 5.69. The molecule has 17 heavy (non-hydrogen) atoms. The van der Waals surface area contributed by atoms with Crippen molar-refractivity contribution in [2.24, 2.45) is 5.92 Å². The fraction of sp³-hybridized carbons (Fsp3) is 0.500. The molecule has 0 radical (unpaired) electrons. The topological polar surface area (TPSA) is 38.3 Å². The van der Waals surface area contributed by atoms with E-state index in [0.29, 0.717) is 18.9 Å². The van der Waals surface area contributed by atoms with Gasteiger partial charge in [0.15, 0.2) is 0 Å². The number of piperidine rings is 1. The number of hydrogen-bond acceptors (Lipinski definition) is 3. The zero-order valence-corrected chi connectivity index (χ0v) is 10.0. The van der Waals surface area contributed by atoms with E-state index in [-0.39, 0.29) is 5.97 Å². The molecule has 0 aromatic heterocycles. The van der Waals surface area contributed by atoms with Gasteiger partial charge in [-0.3, -0.25) is 4.79 Å². The molecule has 1 aromatic rings. The van der Waals surface area contributed by atoms with Crippen molar-refractivity contribution in [3.63, 3.8) is 0 Å². The van der Waals surface area contributed by atoms with Crippen LogP contribution in [0.15, 0.2) is 30.3 Å². The van der Waals surface area contributed by atoms with Gasteiger partial charge in [0.1, 0.15) is 6.61 Å². The zero-order chi connectivity index (χ0) is 11.9. The van der Waals surface area contributed by atoms with E-state index in [1.165, 1.54) is 0 Å². The van der Waals surface area contributed by atoms with Gasteiger partial charge in [0, 0.05) is 6.42 Å². The summed E-state index contributed by atoms with van der Waals surface area (Å²) in [5.74, 6) is 0.370. The first-order chi connectivity index (χ1) is 8.34. The van der Waals surface area contributed by atoms with Gasteiger partial charge in [-0.2, -0.15) is 0 Å². The molecule has 0 unspecified atom stereocenters. The summed E-state index contributed by atoms with van der Waals surface area (Å²) in [5.41, 5.74) is 1.04. The first-order valence-corrected chi connectivity index (χ1v) is 6.25. The first-order valence-electron chi connectivity index (χ1n) is 6.25. The molecule has 92 valence electrons. The van der Waals surface area contributed by atoms with Crippen LogP contribution in [0, 0.1) is 5.92 Å². The zero-order valence-electron chi connectivity index (χ0n) is 10.0. The Bertz CT molecular complexity index is 344. The molecular weight excluding hydrogens is 214 g/mol. The third kappa shape index (κ3) is 4.19. The van der Waals surface area contributed by atoms with Crippen LogP contribution in [0.5, 0.6) is 0 Å². The molecule has 1 N–H and O–H groups in total. The van der Waals surface area contributed by atoms with E-state index in [4.69, 9.17) is 4.74 Å². The number of carbonyl (C=O) groups is 1. The van der Waals surface area contributed by atoms with Crippen molar-refractivity contribution < 1.29 is 9.53 Å². The summed E-state index contributed by atoms with van der Waals surface area (Å²) in [6.07, 6.45) is 2.84. The van der Waals surface area contributed by atoms with Crippen LogP contribution in [0.3, 0.4) is 0 Å². The van der Waals surface area contributed by atoms with Gasteiger partial charge in [0.25, 0.3) is 0 Å². The van der Waals surface area contributed by atoms with Crippen molar-refractivity contribution in [3.05, 3.63) is 35.9 Å². The van der Waals surface area contributed by atoms with Gasteiger partial charge in [-0.25, -0.2) is 0 Å². The molecule has 0 bridgehead atoms. The lowest BCUT2D eigenvalue weighted by atomic mass is 9.96. The fourth-order valence-electron chi connectivity index (χ4n) is 2.13. The summed E-state index contributed by atoms with van der Waals surface area (Å²) in [4.78, 5) is 11.6. The van der Waals surface area contributed by atoms with E-state index in [1.54, 1.807) is 0 Å². The Morgan fingerprint density at radius 2 is 2.18 bits per heavy atom. The number of esters is 1. The van der Waals surface area contributed by atoms with Crippen LogP contribution in [0.25, 0.3) is 0 Å². The monoisotopic (exact) mass is 233 g/mol. The lowest BCUT2D eigenvalue weighted by Crippen LogP contribution is -2.31. The normalized spacial score (nSPS) is 19.9. The highest BCUT2D eigenvalue weighted by Gasteiger charge is 2.17. The maximum Gasteiger partial charge on any atom is 0.306 e. The molecule has 0 spiro atoms. The molecule has 3 heteroatoms. The van der Waals surface area contributed by atoms with E-state index < -0.39 is 0 Å². The smallest absolute Gasteiger partial charge is 0.306 e. The fourth-order valence-corrected chi connectivity index (χ4v) is 2.13. The second-order valence-corrected chi connectivity index (χ2v) is 4.56. The molecule has 1 fully saturated rings. The molecule has 3 nitrogen and oxygen atoms in total. The van der Waals surface area contributed by atoms with Crippen LogP contribution in [-0.2, 0) is 16.1 Å². The molecule has 1 aliphatic rings. The number of nitrogens with one attached hydrogen (secondary N) is 1. The van der Waals surface area contributed by atoms with Crippen molar-refractivity contribution in [2.45, 2.75) is 25.9 Å². The lowest BCUT2D eigenvalue weighted by molar-refractivity contribution is -0.146. The van der Waals surface area contributed by atoms with Crippen molar-refractivity contribution in [2.75, 3.05) is 13.1 Å². The molecular formula is C14H19NO2. The minimum absolute atomic E-state index is 0.0810. The maximum atomic E-state index is 11.6. The number of hydrogen-bond donors (Lipinski definition) is 1. The molecule has 1 aromatic carbocycles. The van der Waals surface area contributed by atoms with Crippen LogP contribution in [0.1, 0.15) is 24.8 Å². The highest BCUT2D eigenvalue weighted by atomic mass is 16.5. The minimum Gasteiger partial charge on any atom is -0.461 e. The summed E-state index contributed by atoms with van der Waals surface area (Å²) < 4.78 is 5.26. The van der Waals surface area contributed by atoms with Gasteiger partial charge in [0.05, 0.1) is 0 Å². The molecule has 0 amide bonds. The number of carbonyl (C=O) groups excluding carboxylic acids is 1. The Hall–Kier alpha value is -1.35. The Kier molecular flexibility index (Phi) is 4.56. The average molecular weight is 233 g/mol. The third-order valence-electron chi connectivity index (χ3n) is 3.10. The number of rotatable bonds is 4. The molecule has 1 aliphatic heterocycles. The van der Waals surface area contributed by atoms with E-state index >= 15 is 0 Å². The van der Waals surface area contributed by atoms with Gasteiger partial charge in [-0.05, 0) is 37.4 Å². The molecule has 1 saturated heterocycles. The van der Waals surface area contributed by atoms with Gasteiger partial charge in [-0.1, -0.05) is 30.3 Å². The van der Waals surface area contributed by atoms with Crippen LogP contribution in [0.2, 0.25) is 0 Å². The van der Waals surface area contributed by atoms with Gasteiger partial charge in [0.2, 0.25) is 0 Å². The second-order valence-electron chi connectivity index (χ2n) is 4.56. The molecule has 2 rings (SSSR count). The van der Waals surface area contributed by atoms with Crippen LogP contribution >= 0.6 is 0 Å². The molecule has 0 aliphatic carbocycles. The summed E-state index contributed by atoms with van der Waals surface area (Å²) in [5, 5.41) is 3.31. The second kappa shape index (κ2) is 6.40. The summed E-state index contributed by atoms with van der Waals surface area (Å²) in [6, 6.07) is 9.80. The third-order valence-corrected chi connectivity index (χ3v) is 3.10. The van der Waals surface area contributed by atoms with E-state index in [1.807, 2.05) is 30.3 Å².